The van der Waals surface area contributed by atoms with Crippen molar-refractivity contribution in [3.05, 3.63) is 51.0 Å². The lowest BCUT2D eigenvalue weighted by molar-refractivity contribution is 0.0606. The summed E-state index contributed by atoms with van der Waals surface area (Å²) in [7, 11) is 1.17. The highest BCUT2D eigenvalue weighted by molar-refractivity contribution is 7.13. The van der Waals surface area contributed by atoms with Gasteiger partial charge >= 0.3 is 5.97 Å². The number of hydrogen-bond donors (Lipinski definition) is 0. The highest BCUT2D eigenvalue weighted by Crippen LogP contribution is 2.30. The van der Waals surface area contributed by atoms with Crippen LogP contribution in [0.1, 0.15) is 14.5 Å². The van der Waals surface area contributed by atoms with E-state index in [4.69, 9.17) is 0 Å². The molecule has 0 atom stereocenters. The van der Waals surface area contributed by atoms with Crippen LogP contribution in [-0.4, -0.2) is 13.1 Å². The average molecular weight is 338 g/mol. The van der Waals surface area contributed by atoms with Crippen molar-refractivity contribution in [3.63, 3.8) is 0 Å². The molecule has 0 saturated heterocycles. The van der Waals surface area contributed by atoms with Gasteiger partial charge in [0.2, 0.25) is 29.1 Å². The van der Waals surface area contributed by atoms with Gasteiger partial charge in [-0.15, -0.1) is 11.3 Å². The summed E-state index contributed by atoms with van der Waals surface area (Å²) < 4.78 is 74.7. The van der Waals surface area contributed by atoms with E-state index in [0.717, 1.165) is 11.3 Å². The van der Waals surface area contributed by atoms with Gasteiger partial charge in [0, 0.05) is 4.88 Å². The smallest absolute Gasteiger partial charge is 0.348 e. The number of carbonyl (C=O) groups excluding carboxylic acids is 1. The van der Waals surface area contributed by atoms with E-state index in [1.165, 1.54) is 19.2 Å². The lowest BCUT2D eigenvalue weighted by Gasteiger charge is -2.09. The number of halogens is 5. The lowest BCUT2D eigenvalue weighted by atomic mass is 10.2. The van der Waals surface area contributed by atoms with Crippen molar-refractivity contribution in [2.45, 2.75) is 6.61 Å². The molecular formula is C13H7F5O3S. The number of hydrogen-bond acceptors (Lipinski definition) is 4. The first-order valence-corrected chi connectivity index (χ1v) is 6.49. The second-order valence-corrected chi connectivity index (χ2v) is 5.11. The summed E-state index contributed by atoms with van der Waals surface area (Å²) in [6.07, 6.45) is 0. The molecule has 0 spiro atoms. The summed E-state index contributed by atoms with van der Waals surface area (Å²) in [6.45, 7) is -0.472. The first-order chi connectivity index (χ1) is 10.4. The third-order valence-corrected chi connectivity index (χ3v) is 3.62. The fraction of sp³-hybridized carbons (Fsp3) is 0.154. The van der Waals surface area contributed by atoms with Gasteiger partial charge in [-0.1, -0.05) is 0 Å². The number of esters is 1. The van der Waals surface area contributed by atoms with Crippen LogP contribution in [0.15, 0.2) is 12.1 Å². The number of benzene rings is 1. The maximum Gasteiger partial charge on any atom is 0.348 e. The Bertz CT molecular complexity index is 700. The van der Waals surface area contributed by atoms with Crippen molar-refractivity contribution in [1.82, 2.24) is 0 Å². The molecular weight excluding hydrogens is 331 g/mol. The Kier molecular flexibility index (Phi) is 4.65. The van der Waals surface area contributed by atoms with E-state index in [0.29, 0.717) is 4.88 Å². The molecule has 0 aliphatic carbocycles. The van der Waals surface area contributed by atoms with E-state index >= 15 is 0 Å². The SMILES string of the molecule is COC(=O)c1ccc(COc2c(F)c(F)c(F)c(F)c2F)s1. The molecule has 1 heterocycles. The van der Waals surface area contributed by atoms with E-state index in [1.54, 1.807) is 0 Å². The fourth-order valence-electron chi connectivity index (χ4n) is 1.52. The first-order valence-electron chi connectivity index (χ1n) is 5.68. The van der Waals surface area contributed by atoms with Gasteiger partial charge in [-0.3, -0.25) is 0 Å². The molecule has 3 nitrogen and oxygen atoms in total. The van der Waals surface area contributed by atoms with Crippen molar-refractivity contribution in [2.24, 2.45) is 0 Å². The quantitative estimate of drug-likeness (QED) is 0.368. The molecule has 0 amide bonds. The van der Waals surface area contributed by atoms with E-state index in [1.807, 2.05) is 0 Å². The molecule has 0 saturated carbocycles. The largest absolute Gasteiger partial charge is 0.482 e. The Hall–Kier alpha value is -2.16. The molecule has 0 unspecified atom stereocenters. The predicted octanol–water partition coefficient (Wildman–Crippen LogP) is 3.81. The first kappa shape index (κ1) is 16.2. The van der Waals surface area contributed by atoms with E-state index in [2.05, 4.69) is 9.47 Å². The van der Waals surface area contributed by atoms with Crippen LogP contribution in [0.25, 0.3) is 0 Å². The Morgan fingerprint density at radius 3 is 2.09 bits per heavy atom. The van der Waals surface area contributed by atoms with Crippen LogP contribution >= 0.6 is 11.3 Å². The molecule has 1 aromatic carbocycles. The van der Waals surface area contributed by atoms with Crippen LogP contribution in [0, 0.1) is 29.1 Å². The van der Waals surface area contributed by atoms with Gasteiger partial charge in [-0.05, 0) is 12.1 Å². The summed E-state index contributed by atoms with van der Waals surface area (Å²) in [6, 6.07) is 2.79. The summed E-state index contributed by atoms with van der Waals surface area (Å²) in [4.78, 5) is 11.8. The second-order valence-electron chi connectivity index (χ2n) is 3.95. The van der Waals surface area contributed by atoms with Gasteiger partial charge in [0.15, 0.2) is 5.75 Å². The summed E-state index contributed by atoms with van der Waals surface area (Å²) >= 11 is 0.902. The average Bonchev–Trinajstić information content (AvgIpc) is 2.99. The van der Waals surface area contributed by atoms with Crippen LogP contribution < -0.4 is 4.74 Å². The van der Waals surface area contributed by atoms with Crippen LogP contribution in [0.2, 0.25) is 0 Å². The number of carbonyl (C=O) groups is 1. The summed E-state index contributed by atoms with van der Waals surface area (Å²) in [5.74, 6) is -12.5. The van der Waals surface area contributed by atoms with Crippen molar-refractivity contribution in [3.8, 4) is 5.75 Å². The molecule has 118 valence electrons. The van der Waals surface area contributed by atoms with Crippen molar-refractivity contribution < 1.29 is 36.2 Å². The number of ether oxygens (including phenoxy) is 2. The Labute approximate surface area is 124 Å². The van der Waals surface area contributed by atoms with Crippen molar-refractivity contribution in [1.29, 1.82) is 0 Å². The Balaban J connectivity index is 2.22. The normalized spacial score (nSPS) is 10.6. The monoisotopic (exact) mass is 338 g/mol. The Morgan fingerprint density at radius 2 is 1.55 bits per heavy atom. The molecule has 0 fully saturated rings. The molecule has 0 aliphatic heterocycles. The summed E-state index contributed by atoms with van der Waals surface area (Å²) in [5.41, 5.74) is 0. The van der Waals surface area contributed by atoms with Gasteiger partial charge in [-0.2, -0.15) is 8.78 Å². The molecule has 0 radical (unpaired) electrons. The van der Waals surface area contributed by atoms with E-state index in [-0.39, 0.29) is 4.88 Å². The molecule has 2 aromatic rings. The standard InChI is InChI=1S/C13H7F5O3S/c1-20-13(19)6-3-2-5(22-6)4-21-12-10(17)8(15)7(14)9(16)11(12)18/h2-3H,4H2,1H3. The fourth-order valence-corrected chi connectivity index (χ4v) is 2.36. The van der Waals surface area contributed by atoms with Gasteiger partial charge in [0.25, 0.3) is 0 Å². The van der Waals surface area contributed by atoms with Crippen molar-refractivity contribution >= 4 is 17.3 Å². The third-order valence-electron chi connectivity index (χ3n) is 2.58. The number of rotatable bonds is 4. The van der Waals surface area contributed by atoms with Gasteiger partial charge in [0.1, 0.15) is 11.5 Å². The minimum Gasteiger partial charge on any atom is -0.482 e. The van der Waals surface area contributed by atoms with Crippen molar-refractivity contribution in [2.75, 3.05) is 7.11 Å². The number of methoxy groups -OCH3 is 1. The minimum absolute atomic E-state index is 0.207. The molecule has 0 bridgehead atoms. The highest BCUT2D eigenvalue weighted by atomic mass is 32.1. The number of thiophene rings is 1. The topological polar surface area (TPSA) is 35.5 Å². The third kappa shape index (κ3) is 2.89. The zero-order valence-corrected chi connectivity index (χ0v) is 11.7. The lowest BCUT2D eigenvalue weighted by Crippen LogP contribution is -2.06. The Morgan fingerprint density at radius 1 is 1.00 bits per heavy atom. The maximum atomic E-state index is 13.4. The van der Waals surface area contributed by atoms with Gasteiger partial charge in [0.05, 0.1) is 7.11 Å². The van der Waals surface area contributed by atoms with Crippen LogP contribution in [0.5, 0.6) is 5.75 Å². The van der Waals surface area contributed by atoms with Crippen LogP contribution in [0.3, 0.4) is 0 Å². The summed E-state index contributed by atoms with van der Waals surface area (Å²) in [5, 5.41) is 0. The zero-order valence-electron chi connectivity index (χ0n) is 10.9. The maximum absolute atomic E-state index is 13.4. The van der Waals surface area contributed by atoms with E-state index in [9.17, 15) is 26.7 Å². The predicted molar refractivity (Wildman–Crippen MR) is 66.2 cm³/mol. The second kappa shape index (κ2) is 6.30. The van der Waals surface area contributed by atoms with Crippen LogP contribution in [-0.2, 0) is 11.3 Å². The van der Waals surface area contributed by atoms with Gasteiger partial charge in [-0.25, -0.2) is 18.0 Å². The highest BCUT2D eigenvalue weighted by Gasteiger charge is 2.27. The molecule has 9 heteroatoms. The minimum atomic E-state index is -2.26. The molecule has 2 rings (SSSR count). The van der Waals surface area contributed by atoms with Gasteiger partial charge < -0.3 is 9.47 Å². The van der Waals surface area contributed by atoms with Crippen LogP contribution in [0.4, 0.5) is 22.0 Å². The molecule has 22 heavy (non-hydrogen) atoms. The zero-order chi connectivity index (χ0) is 16.4. The van der Waals surface area contributed by atoms with E-state index < -0.39 is 47.4 Å². The molecule has 1 aromatic heterocycles. The molecule has 0 aliphatic rings. The molecule has 0 N–H and O–H groups in total.